The summed E-state index contributed by atoms with van der Waals surface area (Å²) in [7, 11) is 0. The van der Waals surface area contributed by atoms with Crippen LogP contribution in [-0.4, -0.2) is 45.9 Å². The molecule has 31 heavy (non-hydrogen) atoms. The molecule has 0 unspecified atom stereocenters. The summed E-state index contributed by atoms with van der Waals surface area (Å²) >= 11 is 0. The van der Waals surface area contributed by atoms with Gasteiger partial charge in [0, 0.05) is 48.3 Å². The molecule has 4 aromatic rings. The Balaban J connectivity index is 1.28. The number of fused-ring (bicyclic) bond motifs is 2. The molecule has 5 rings (SSSR count). The zero-order valence-electron chi connectivity index (χ0n) is 17.4. The Kier molecular flexibility index (Phi) is 5.40. The van der Waals surface area contributed by atoms with Gasteiger partial charge < -0.3 is 9.97 Å². The van der Waals surface area contributed by atoms with Gasteiger partial charge in [-0.15, -0.1) is 0 Å². The van der Waals surface area contributed by atoms with E-state index in [4.69, 9.17) is 0 Å². The Labute approximate surface area is 180 Å². The molecule has 2 aromatic heterocycles. The van der Waals surface area contributed by atoms with E-state index in [1.165, 1.54) is 0 Å². The fourth-order valence-corrected chi connectivity index (χ4v) is 4.44. The molecule has 0 aliphatic carbocycles. The van der Waals surface area contributed by atoms with Crippen LogP contribution in [0.15, 0.2) is 70.3 Å². The molecule has 1 aliphatic rings. The summed E-state index contributed by atoms with van der Waals surface area (Å²) in [6.45, 7) is 4.92. The standard InChI is InChI=1S/C25H26N4O2/c30-24-20(14-18-6-1-3-8-22(18)26-24)16-28-10-5-11-29(13-12-28)17-21-15-19-7-2-4-9-23(19)27-25(21)31/h1-4,6-9,14-15H,5,10-13,16-17H2,(H,26,30)(H,27,31). The summed E-state index contributed by atoms with van der Waals surface area (Å²) in [6.07, 6.45) is 1.01. The summed E-state index contributed by atoms with van der Waals surface area (Å²) in [4.78, 5) is 35.7. The van der Waals surface area contributed by atoms with Crippen LogP contribution < -0.4 is 11.1 Å². The smallest absolute Gasteiger partial charge is 0.252 e. The van der Waals surface area contributed by atoms with Crippen molar-refractivity contribution < 1.29 is 0 Å². The highest BCUT2D eigenvalue weighted by molar-refractivity contribution is 5.79. The number of H-pyrrole nitrogens is 2. The zero-order valence-corrected chi connectivity index (χ0v) is 17.4. The van der Waals surface area contributed by atoms with Gasteiger partial charge in [-0.05, 0) is 54.5 Å². The van der Waals surface area contributed by atoms with Crippen LogP contribution in [-0.2, 0) is 13.1 Å². The van der Waals surface area contributed by atoms with Gasteiger partial charge in [0.1, 0.15) is 0 Å². The Morgan fingerprint density at radius 2 is 1.10 bits per heavy atom. The Hall–Kier alpha value is -3.22. The highest BCUT2D eigenvalue weighted by atomic mass is 16.1. The molecule has 6 heteroatoms. The maximum absolute atomic E-state index is 12.5. The van der Waals surface area contributed by atoms with Gasteiger partial charge in [-0.2, -0.15) is 0 Å². The number of benzene rings is 2. The zero-order chi connectivity index (χ0) is 21.2. The van der Waals surface area contributed by atoms with E-state index in [1.807, 2.05) is 60.7 Å². The SMILES string of the molecule is O=c1[nH]c2ccccc2cc1CN1CCCN(Cc2cc3ccccc3[nH]c2=O)CC1. The fourth-order valence-electron chi connectivity index (χ4n) is 4.44. The summed E-state index contributed by atoms with van der Waals surface area (Å²) in [5.41, 5.74) is 3.33. The van der Waals surface area contributed by atoms with E-state index in [0.29, 0.717) is 13.1 Å². The van der Waals surface area contributed by atoms with E-state index in [9.17, 15) is 9.59 Å². The van der Waals surface area contributed by atoms with Crippen LogP contribution in [0.25, 0.3) is 21.8 Å². The van der Waals surface area contributed by atoms with Crippen molar-refractivity contribution in [3.05, 3.63) is 92.5 Å². The van der Waals surface area contributed by atoms with Gasteiger partial charge in [0.25, 0.3) is 11.1 Å². The van der Waals surface area contributed by atoms with E-state index < -0.39 is 0 Å². The van der Waals surface area contributed by atoms with Crippen molar-refractivity contribution >= 4 is 21.8 Å². The van der Waals surface area contributed by atoms with Crippen LogP contribution in [0.3, 0.4) is 0 Å². The first-order valence-electron chi connectivity index (χ1n) is 10.8. The number of para-hydroxylation sites is 2. The molecule has 1 saturated heterocycles. The maximum Gasteiger partial charge on any atom is 0.252 e. The van der Waals surface area contributed by atoms with Gasteiger partial charge in [-0.25, -0.2) is 0 Å². The first-order valence-corrected chi connectivity index (χ1v) is 10.8. The number of hydrogen-bond acceptors (Lipinski definition) is 4. The van der Waals surface area contributed by atoms with Crippen LogP contribution in [0.4, 0.5) is 0 Å². The fraction of sp³-hybridized carbons (Fsp3) is 0.280. The van der Waals surface area contributed by atoms with Gasteiger partial charge in [0.2, 0.25) is 0 Å². The lowest BCUT2D eigenvalue weighted by Crippen LogP contribution is -2.33. The lowest BCUT2D eigenvalue weighted by atomic mass is 10.1. The normalized spacial score (nSPS) is 16.0. The number of aromatic nitrogens is 2. The van der Waals surface area contributed by atoms with Crippen molar-refractivity contribution in [3.8, 4) is 0 Å². The lowest BCUT2D eigenvalue weighted by molar-refractivity contribution is 0.246. The summed E-state index contributed by atoms with van der Waals surface area (Å²) in [6, 6.07) is 19.8. The first kappa shape index (κ1) is 19.7. The number of aromatic amines is 2. The number of pyridine rings is 2. The van der Waals surface area contributed by atoms with Crippen LogP contribution >= 0.6 is 0 Å². The predicted molar refractivity (Wildman–Crippen MR) is 124 cm³/mol. The monoisotopic (exact) mass is 414 g/mol. The third-order valence-corrected chi connectivity index (χ3v) is 6.13. The van der Waals surface area contributed by atoms with Crippen LogP contribution in [0.1, 0.15) is 17.5 Å². The van der Waals surface area contributed by atoms with Gasteiger partial charge in [0.15, 0.2) is 0 Å². The van der Waals surface area contributed by atoms with Gasteiger partial charge in [0.05, 0.1) is 0 Å². The molecule has 2 aromatic carbocycles. The van der Waals surface area contributed by atoms with Crippen molar-refractivity contribution in [3.63, 3.8) is 0 Å². The van der Waals surface area contributed by atoms with Crippen LogP contribution in [0.5, 0.6) is 0 Å². The Bertz CT molecular complexity index is 1240. The van der Waals surface area contributed by atoms with Crippen molar-refractivity contribution in [1.82, 2.24) is 19.8 Å². The highest BCUT2D eigenvalue weighted by Crippen LogP contribution is 2.15. The van der Waals surface area contributed by atoms with E-state index in [2.05, 4.69) is 19.8 Å². The first-order chi connectivity index (χ1) is 15.2. The van der Waals surface area contributed by atoms with E-state index in [1.54, 1.807) is 0 Å². The van der Waals surface area contributed by atoms with Crippen molar-refractivity contribution in [2.75, 3.05) is 26.2 Å². The number of nitrogens with zero attached hydrogens (tertiary/aromatic N) is 2. The summed E-state index contributed by atoms with van der Waals surface area (Å²) < 4.78 is 0. The third-order valence-electron chi connectivity index (χ3n) is 6.13. The van der Waals surface area contributed by atoms with E-state index in [-0.39, 0.29) is 11.1 Å². The molecule has 158 valence electrons. The lowest BCUT2D eigenvalue weighted by Gasteiger charge is -2.21. The molecule has 0 atom stereocenters. The second-order valence-corrected chi connectivity index (χ2v) is 8.33. The second kappa shape index (κ2) is 8.49. The van der Waals surface area contributed by atoms with E-state index in [0.717, 1.165) is 65.5 Å². The molecule has 0 amide bonds. The summed E-state index contributed by atoms with van der Waals surface area (Å²) in [5.74, 6) is 0. The quantitative estimate of drug-likeness (QED) is 0.538. The number of nitrogens with one attached hydrogen (secondary N) is 2. The van der Waals surface area contributed by atoms with E-state index >= 15 is 0 Å². The minimum atomic E-state index is -0.0116. The molecule has 0 saturated carbocycles. The summed E-state index contributed by atoms with van der Waals surface area (Å²) in [5, 5.41) is 2.12. The third kappa shape index (κ3) is 4.31. The molecule has 2 N–H and O–H groups in total. The van der Waals surface area contributed by atoms with Crippen LogP contribution in [0.2, 0.25) is 0 Å². The molecule has 1 fully saturated rings. The van der Waals surface area contributed by atoms with Gasteiger partial charge in [-0.3, -0.25) is 19.4 Å². The molecule has 6 nitrogen and oxygen atoms in total. The van der Waals surface area contributed by atoms with Gasteiger partial charge >= 0.3 is 0 Å². The highest BCUT2D eigenvalue weighted by Gasteiger charge is 2.17. The number of rotatable bonds is 4. The molecule has 3 heterocycles. The molecular formula is C25H26N4O2. The number of hydrogen-bond donors (Lipinski definition) is 2. The largest absolute Gasteiger partial charge is 0.322 e. The molecule has 0 bridgehead atoms. The average Bonchev–Trinajstić information content (AvgIpc) is 3.00. The Morgan fingerprint density at radius 3 is 1.58 bits per heavy atom. The van der Waals surface area contributed by atoms with Gasteiger partial charge in [-0.1, -0.05) is 36.4 Å². The Morgan fingerprint density at radius 1 is 0.645 bits per heavy atom. The predicted octanol–water partition coefficient (Wildman–Crippen LogP) is 3.08. The molecule has 0 radical (unpaired) electrons. The minimum absolute atomic E-state index is 0.0116. The molecular weight excluding hydrogens is 388 g/mol. The van der Waals surface area contributed by atoms with Crippen molar-refractivity contribution in [2.45, 2.75) is 19.5 Å². The minimum Gasteiger partial charge on any atom is -0.322 e. The van der Waals surface area contributed by atoms with Crippen LogP contribution in [0, 0.1) is 0 Å². The topological polar surface area (TPSA) is 72.2 Å². The second-order valence-electron chi connectivity index (χ2n) is 8.33. The van der Waals surface area contributed by atoms with Crippen molar-refractivity contribution in [2.24, 2.45) is 0 Å². The molecule has 1 aliphatic heterocycles. The maximum atomic E-state index is 12.5. The average molecular weight is 415 g/mol. The molecule has 0 spiro atoms. The van der Waals surface area contributed by atoms with Crippen molar-refractivity contribution in [1.29, 1.82) is 0 Å².